The summed E-state index contributed by atoms with van der Waals surface area (Å²) in [4.78, 5) is 25.5. The lowest BCUT2D eigenvalue weighted by molar-refractivity contribution is -0.223. The van der Waals surface area contributed by atoms with Crippen LogP contribution in [0.4, 0.5) is 0 Å². The number of hydrogen-bond acceptors (Lipinski definition) is 6. The average Bonchev–Trinajstić information content (AvgIpc) is 3.26. The van der Waals surface area contributed by atoms with E-state index in [9.17, 15) is 10.1 Å². The van der Waals surface area contributed by atoms with Gasteiger partial charge in [-0.2, -0.15) is 5.26 Å². The molecule has 7 nitrogen and oxygen atoms in total. The summed E-state index contributed by atoms with van der Waals surface area (Å²) in [7, 11) is 5.34. The standard InChI is InChI=1S/C26H27N5O2/c1-30(2)23(32)18-9-11-25(12-10-18)15-21-8-7-20(19-6-4-5-17(13-19)16-27)14-22(21)26(25)29-24(28)31(3)33-26/h4-9,13-14H,10-12,15H2,1-3H3,(H2,28,29). The Bertz CT molecular complexity index is 1260. The minimum atomic E-state index is -0.937. The van der Waals surface area contributed by atoms with E-state index in [-0.39, 0.29) is 11.3 Å². The van der Waals surface area contributed by atoms with Crippen molar-refractivity contribution in [1.82, 2.24) is 9.96 Å². The van der Waals surface area contributed by atoms with E-state index in [1.165, 1.54) is 5.56 Å². The molecule has 33 heavy (non-hydrogen) atoms. The van der Waals surface area contributed by atoms with Gasteiger partial charge in [0.1, 0.15) is 0 Å². The van der Waals surface area contributed by atoms with Crippen LogP contribution in [0, 0.1) is 16.7 Å². The highest BCUT2D eigenvalue weighted by Gasteiger charge is 2.63. The smallest absolute Gasteiger partial charge is 0.248 e. The molecule has 1 amide bonds. The van der Waals surface area contributed by atoms with E-state index in [1.807, 2.05) is 18.2 Å². The molecule has 0 fully saturated rings. The second-order valence-electron chi connectivity index (χ2n) is 9.36. The number of nitrogens with two attached hydrogens (primary N) is 1. The van der Waals surface area contributed by atoms with Gasteiger partial charge in [0.25, 0.3) is 0 Å². The van der Waals surface area contributed by atoms with Crippen LogP contribution >= 0.6 is 0 Å². The fraction of sp³-hybridized carbons (Fsp3) is 0.346. The van der Waals surface area contributed by atoms with E-state index >= 15 is 0 Å². The summed E-state index contributed by atoms with van der Waals surface area (Å²) >= 11 is 0. The van der Waals surface area contributed by atoms with Gasteiger partial charge in [-0.1, -0.05) is 30.3 Å². The maximum Gasteiger partial charge on any atom is 0.248 e. The van der Waals surface area contributed by atoms with Crippen LogP contribution in [-0.4, -0.2) is 43.0 Å². The lowest BCUT2D eigenvalue weighted by atomic mass is 9.68. The van der Waals surface area contributed by atoms with Gasteiger partial charge in [-0.05, 0) is 60.6 Å². The first kappa shape index (κ1) is 21.2. The topological polar surface area (TPSA) is 95.0 Å². The average molecular weight is 442 g/mol. The van der Waals surface area contributed by atoms with Crippen molar-refractivity contribution in [3.05, 3.63) is 70.8 Å². The monoisotopic (exact) mass is 441 g/mol. The van der Waals surface area contributed by atoms with Gasteiger partial charge in [-0.25, -0.2) is 14.9 Å². The van der Waals surface area contributed by atoms with Crippen molar-refractivity contribution in [3.8, 4) is 17.2 Å². The minimum Gasteiger partial charge on any atom is -0.368 e. The number of hydroxylamine groups is 2. The third-order valence-corrected chi connectivity index (χ3v) is 7.20. The number of likely N-dealkylation sites (N-methyl/N-ethyl adjacent to an activating group) is 1. The number of guanidine groups is 1. The Hall–Kier alpha value is -3.63. The number of nitrogens with zero attached hydrogens (tertiary/aromatic N) is 4. The molecule has 2 aromatic carbocycles. The fourth-order valence-electron chi connectivity index (χ4n) is 5.43. The molecule has 168 valence electrons. The molecule has 2 aliphatic carbocycles. The van der Waals surface area contributed by atoms with E-state index in [4.69, 9.17) is 15.6 Å². The second-order valence-corrected chi connectivity index (χ2v) is 9.36. The maximum absolute atomic E-state index is 12.5. The van der Waals surface area contributed by atoms with Crippen LogP contribution in [0.2, 0.25) is 0 Å². The highest BCUT2D eigenvalue weighted by atomic mass is 16.7. The molecule has 2 N–H and O–H groups in total. The number of fused-ring (bicyclic) bond motifs is 3. The van der Waals surface area contributed by atoms with E-state index < -0.39 is 5.72 Å². The third-order valence-electron chi connectivity index (χ3n) is 7.20. The Morgan fingerprint density at radius 1 is 1.24 bits per heavy atom. The van der Waals surface area contributed by atoms with Gasteiger partial charge in [0.05, 0.1) is 11.6 Å². The number of allylic oxidation sites excluding steroid dienone is 1. The van der Waals surface area contributed by atoms with E-state index in [0.29, 0.717) is 24.4 Å². The van der Waals surface area contributed by atoms with Crippen LogP contribution in [-0.2, 0) is 21.8 Å². The predicted molar refractivity (Wildman–Crippen MR) is 126 cm³/mol. The van der Waals surface area contributed by atoms with Crippen LogP contribution < -0.4 is 5.73 Å². The molecular formula is C26H27N5O2. The molecule has 7 heteroatoms. The molecule has 2 unspecified atom stereocenters. The van der Waals surface area contributed by atoms with Crippen LogP contribution in [0.3, 0.4) is 0 Å². The molecular weight excluding hydrogens is 414 g/mol. The molecule has 5 rings (SSSR count). The zero-order valence-corrected chi connectivity index (χ0v) is 19.1. The predicted octanol–water partition coefficient (Wildman–Crippen LogP) is 3.31. The fourth-order valence-corrected chi connectivity index (χ4v) is 5.43. The summed E-state index contributed by atoms with van der Waals surface area (Å²) in [6, 6.07) is 16.1. The zero-order valence-electron chi connectivity index (χ0n) is 19.1. The first-order valence-corrected chi connectivity index (χ1v) is 11.1. The van der Waals surface area contributed by atoms with Gasteiger partial charge in [0.15, 0.2) is 0 Å². The summed E-state index contributed by atoms with van der Waals surface area (Å²) in [6.07, 6.45) is 4.99. The van der Waals surface area contributed by atoms with Crippen LogP contribution in [0.1, 0.15) is 36.0 Å². The van der Waals surface area contributed by atoms with Gasteiger partial charge < -0.3 is 10.6 Å². The summed E-state index contributed by atoms with van der Waals surface area (Å²) in [5.41, 5.74) is 10.6. The summed E-state index contributed by atoms with van der Waals surface area (Å²) in [5.74, 6) is 0.403. The van der Waals surface area contributed by atoms with E-state index in [2.05, 4.69) is 30.3 Å². The number of benzene rings is 2. The highest BCUT2D eigenvalue weighted by molar-refractivity contribution is 5.93. The molecule has 3 aliphatic rings. The second kappa shape index (κ2) is 7.46. The number of nitriles is 1. The molecule has 0 bridgehead atoms. The molecule has 2 spiro atoms. The van der Waals surface area contributed by atoms with Crippen molar-refractivity contribution in [1.29, 1.82) is 5.26 Å². The normalized spacial score (nSPS) is 25.6. The van der Waals surface area contributed by atoms with Gasteiger partial charge >= 0.3 is 0 Å². The summed E-state index contributed by atoms with van der Waals surface area (Å²) < 4.78 is 0. The first-order chi connectivity index (χ1) is 15.8. The first-order valence-electron chi connectivity index (χ1n) is 11.1. The molecule has 1 aliphatic heterocycles. The van der Waals surface area contributed by atoms with Crippen molar-refractivity contribution in [3.63, 3.8) is 0 Å². The van der Waals surface area contributed by atoms with Crippen molar-refractivity contribution in [2.24, 2.45) is 16.1 Å². The van der Waals surface area contributed by atoms with Crippen molar-refractivity contribution >= 4 is 11.9 Å². The van der Waals surface area contributed by atoms with E-state index in [1.54, 1.807) is 37.2 Å². The van der Waals surface area contributed by atoms with Crippen molar-refractivity contribution in [2.75, 3.05) is 21.1 Å². The highest BCUT2D eigenvalue weighted by Crippen LogP contribution is 2.61. The lowest BCUT2D eigenvalue weighted by Gasteiger charge is -2.42. The molecule has 2 atom stereocenters. The van der Waals surface area contributed by atoms with Gasteiger partial charge in [0, 0.05) is 37.7 Å². The Balaban J connectivity index is 1.61. The largest absolute Gasteiger partial charge is 0.368 e. The minimum absolute atomic E-state index is 0.0570. The molecule has 0 aromatic heterocycles. The third kappa shape index (κ3) is 3.13. The van der Waals surface area contributed by atoms with E-state index in [0.717, 1.165) is 35.1 Å². The van der Waals surface area contributed by atoms with Gasteiger partial charge in [0.2, 0.25) is 17.6 Å². The quantitative estimate of drug-likeness (QED) is 0.772. The SMILES string of the molecule is CN(C)C(=O)C1=CCC2(CC1)Cc1ccc(-c3cccc(C#N)c3)cc1C21N=C(N)N(C)O1. The molecule has 1 heterocycles. The molecule has 2 aromatic rings. The number of aliphatic imine (C=N–C) groups is 1. The van der Waals surface area contributed by atoms with Crippen molar-refractivity contribution < 1.29 is 9.63 Å². The number of carbonyl (C=O) groups is 1. The number of hydrogen-bond donors (Lipinski definition) is 1. The number of rotatable bonds is 2. The molecule has 0 radical (unpaired) electrons. The van der Waals surface area contributed by atoms with Crippen LogP contribution in [0.15, 0.2) is 59.1 Å². The molecule has 0 saturated carbocycles. The Kier molecular flexibility index (Phi) is 4.80. The van der Waals surface area contributed by atoms with Gasteiger partial charge in [-0.15, -0.1) is 0 Å². The Morgan fingerprint density at radius 3 is 2.67 bits per heavy atom. The molecule has 0 saturated heterocycles. The lowest BCUT2D eigenvalue weighted by Crippen LogP contribution is -2.45. The number of amides is 1. The summed E-state index contributed by atoms with van der Waals surface area (Å²) in [5, 5.41) is 10.9. The van der Waals surface area contributed by atoms with Crippen LogP contribution in [0.25, 0.3) is 11.1 Å². The summed E-state index contributed by atoms with van der Waals surface area (Å²) in [6.45, 7) is 0. The van der Waals surface area contributed by atoms with Crippen LogP contribution in [0.5, 0.6) is 0 Å². The Labute approximate surface area is 193 Å². The maximum atomic E-state index is 12.5. The van der Waals surface area contributed by atoms with Crippen molar-refractivity contribution in [2.45, 2.75) is 31.4 Å². The zero-order chi connectivity index (χ0) is 23.4. The van der Waals surface area contributed by atoms with Gasteiger partial charge in [-0.3, -0.25) is 4.79 Å². The number of carbonyl (C=O) groups excluding carboxylic acids is 1. The Morgan fingerprint density at radius 2 is 2.03 bits per heavy atom.